The van der Waals surface area contributed by atoms with E-state index in [0.717, 1.165) is 5.69 Å². The van der Waals surface area contributed by atoms with Crippen LogP contribution in [0.25, 0.3) is 5.69 Å². The highest BCUT2D eigenvalue weighted by Crippen LogP contribution is 2.12. The van der Waals surface area contributed by atoms with Gasteiger partial charge in [0.05, 0.1) is 28.9 Å². The summed E-state index contributed by atoms with van der Waals surface area (Å²) in [6.07, 6.45) is 3.19. The number of nitrogens with one attached hydrogen (secondary N) is 1. The quantitative estimate of drug-likeness (QED) is 0.923. The summed E-state index contributed by atoms with van der Waals surface area (Å²) in [4.78, 5) is 12.0. The zero-order valence-corrected chi connectivity index (χ0v) is 11.5. The summed E-state index contributed by atoms with van der Waals surface area (Å²) in [6, 6.07) is 11.7. The number of benzene rings is 1. The minimum atomic E-state index is -0.578. The lowest BCUT2D eigenvalue weighted by atomic mass is 9.96. The monoisotopic (exact) mass is 268 g/mol. The summed E-state index contributed by atoms with van der Waals surface area (Å²) < 4.78 is 1.64. The molecule has 102 valence electrons. The number of carbonyl (C=O) groups excluding carboxylic acids is 1. The number of nitrogens with zero attached hydrogens (tertiary/aromatic N) is 3. The van der Waals surface area contributed by atoms with Gasteiger partial charge in [-0.05, 0) is 26.0 Å². The standard InChI is InChI=1S/C15H16N4O/c1-15(2,10-16)11-17-14(20)12-8-18-19(9-12)13-6-4-3-5-7-13/h3-9H,11H2,1-2H3,(H,17,20). The first kappa shape index (κ1) is 13.8. The van der Waals surface area contributed by atoms with Gasteiger partial charge < -0.3 is 5.32 Å². The second kappa shape index (κ2) is 5.57. The van der Waals surface area contributed by atoms with Crippen molar-refractivity contribution >= 4 is 5.91 Å². The molecule has 1 aromatic carbocycles. The molecular weight excluding hydrogens is 252 g/mol. The minimum absolute atomic E-state index is 0.226. The van der Waals surface area contributed by atoms with Crippen LogP contribution in [0.1, 0.15) is 24.2 Å². The van der Waals surface area contributed by atoms with Crippen molar-refractivity contribution in [3.8, 4) is 11.8 Å². The number of rotatable bonds is 4. The molecule has 1 aromatic heterocycles. The number of hydrogen-bond donors (Lipinski definition) is 1. The predicted molar refractivity (Wildman–Crippen MR) is 75.3 cm³/mol. The zero-order chi connectivity index (χ0) is 14.6. The van der Waals surface area contributed by atoms with Gasteiger partial charge in [0.25, 0.3) is 5.91 Å². The van der Waals surface area contributed by atoms with Crippen LogP contribution in [0.5, 0.6) is 0 Å². The summed E-state index contributed by atoms with van der Waals surface area (Å²) >= 11 is 0. The van der Waals surface area contributed by atoms with Gasteiger partial charge in [-0.25, -0.2) is 4.68 Å². The van der Waals surface area contributed by atoms with E-state index in [1.165, 1.54) is 6.20 Å². The molecule has 0 bridgehead atoms. The van der Waals surface area contributed by atoms with Crippen molar-refractivity contribution in [2.45, 2.75) is 13.8 Å². The molecule has 1 amide bonds. The number of aromatic nitrogens is 2. The van der Waals surface area contributed by atoms with Gasteiger partial charge in [-0.3, -0.25) is 4.79 Å². The maximum atomic E-state index is 12.0. The van der Waals surface area contributed by atoms with Crippen LogP contribution >= 0.6 is 0 Å². The highest BCUT2D eigenvalue weighted by molar-refractivity contribution is 5.93. The van der Waals surface area contributed by atoms with Gasteiger partial charge in [0.2, 0.25) is 0 Å². The van der Waals surface area contributed by atoms with Crippen molar-refractivity contribution in [2.75, 3.05) is 6.54 Å². The number of nitriles is 1. The molecule has 1 N–H and O–H groups in total. The average molecular weight is 268 g/mol. The normalized spacial score (nSPS) is 10.8. The van der Waals surface area contributed by atoms with Gasteiger partial charge in [0.1, 0.15) is 0 Å². The van der Waals surface area contributed by atoms with Crippen molar-refractivity contribution in [1.82, 2.24) is 15.1 Å². The average Bonchev–Trinajstić information content (AvgIpc) is 2.96. The van der Waals surface area contributed by atoms with E-state index in [9.17, 15) is 4.79 Å². The molecule has 0 atom stereocenters. The van der Waals surface area contributed by atoms with Gasteiger partial charge in [-0.15, -0.1) is 0 Å². The molecular formula is C15H16N4O. The smallest absolute Gasteiger partial charge is 0.254 e. The maximum absolute atomic E-state index is 12.0. The lowest BCUT2D eigenvalue weighted by Crippen LogP contribution is -2.32. The van der Waals surface area contributed by atoms with Crippen molar-refractivity contribution in [3.63, 3.8) is 0 Å². The molecule has 1 heterocycles. The highest BCUT2D eigenvalue weighted by atomic mass is 16.1. The summed E-state index contributed by atoms with van der Waals surface area (Å²) in [6.45, 7) is 3.86. The molecule has 0 radical (unpaired) electrons. The van der Waals surface area contributed by atoms with E-state index in [1.807, 2.05) is 30.3 Å². The largest absolute Gasteiger partial charge is 0.350 e. The molecule has 5 heteroatoms. The maximum Gasteiger partial charge on any atom is 0.254 e. The van der Waals surface area contributed by atoms with Crippen molar-refractivity contribution in [3.05, 3.63) is 48.3 Å². The third-order valence-corrected chi connectivity index (χ3v) is 2.86. The first-order valence-corrected chi connectivity index (χ1v) is 6.31. The lowest BCUT2D eigenvalue weighted by Gasteiger charge is -2.15. The Balaban J connectivity index is 2.06. The molecule has 2 aromatic rings. The van der Waals surface area contributed by atoms with Crippen LogP contribution in [0.4, 0.5) is 0 Å². The fourth-order valence-corrected chi connectivity index (χ4v) is 1.60. The zero-order valence-electron chi connectivity index (χ0n) is 11.5. The van der Waals surface area contributed by atoms with E-state index in [-0.39, 0.29) is 5.91 Å². The molecule has 2 rings (SSSR count). The summed E-state index contributed by atoms with van der Waals surface area (Å²) in [5.41, 5.74) is 0.789. The molecule has 0 saturated carbocycles. The van der Waals surface area contributed by atoms with Crippen LogP contribution in [0.2, 0.25) is 0 Å². The van der Waals surface area contributed by atoms with Crippen LogP contribution in [0.3, 0.4) is 0 Å². The van der Waals surface area contributed by atoms with E-state index < -0.39 is 5.41 Å². The van der Waals surface area contributed by atoms with E-state index in [4.69, 9.17) is 5.26 Å². The minimum Gasteiger partial charge on any atom is -0.350 e. The molecule has 0 fully saturated rings. The van der Waals surface area contributed by atoms with Crippen LogP contribution in [-0.4, -0.2) is 22.2 Å². The van der Waals surface area contributed by atoms with E-state index >= 15 is 0 Å². The Morgan fingerprint density at radius 3 is 2.75 bits per heavy atom. The van der Waals surface area contributed by atoms with Gasteiger partial charge in [-0.2, -0.15) is 10.4 Å². The number of para-hydroxylation sites is 1. The number of carbonyl (C=O) groups is 1. The fraction of sp³-hybridized carbons (Fsp3) is 0.267. The number of hydrogen-bond acceptors (Lipinski definition) is 3. The van der Waals surface area contributed by atoms with Crippen LogP contribution < -0.4 is 5.32 Å². The van der Waals surface area contributed by atoms with Crippen LogP contribution in [0, 0.1) is 16.7 Å². The Hall–Kier alpha value is -2.61. The van der Waals surface area contributed by atoms with Gasteiger partial charge >= 0.3 is 0 Å². The number of amides is 1. The summed E-state index contributed by atoms with van der Waals surface area (Å²) in [5, 5.41) is 15.8. The lowest BCUT2D eigenvalue weighted by molar-refractivity contribution is 0.0943. The van der Waals surface area contributed by atoms with Crippen LogP contribution in [0.15, 0.2) is 42.7 Å². The SMILES string of the molecule is CC(C)(C#N)CNC(=O)c1cnn(-c2ccccc2)c1. The topological polar surface area (TPSA) is 70.7 Å². The van der Waals surface area contributed by atoms with Gasteiger partial charge in [0, 0.05) is 12.7 Å². The first-order valence-electron chi connectivity index (χ1n) is 6.31. The van der Waals surface area contributed by atoms with Crippen molar-refractivity contribution in [2.24, 2.45) is 5.41 Å². The van der Waals surface area contributed by atoms with Gasteiger partial charge in [-0.1, -0.05) is 18.2 Å². The van der Waals surface area contributed by atoms with Gasteiger partial charge in [0.15, 0.2) is 0 Å². The van der Waals surface area contributed by atoms with Crippen molar-refractivity contribution < 1.29 is 4.79 Å². The Labute approximate surface area is 117 Å². The molecule has 0 unspecified atom stereocenters. The molecule has 0 spiro atoms. The summed E-state index contributed by atoms with van der Waals surface area (Å²) in [5.74, 6) is -0.226. The molecule has 0 aliphatic carbocycles. The predicted octanol–water partition coefficient (Wildman–Crippen LogP) is 2.15. The fourth-order valence-electron chi connectivity index (χ4n) is 1.60. The second-order valence-corrected chi connectivity index (χ2v) is 5.19. The molecule has 5 nitrogen and oxygen atoms in total. The van der Waals surface area contributed by atoms with Crippen molar-refractivity contribution in [1.29, 1.82) is 5.26 Å². The Kier molecular flexibility index (Phi) is 3.85. The molecule has 0 aliphatic rings. The first-order chi connectivity index (χ1) is 9.52. The Bertz CT molecular complexity index is 637. The highest BCUT2D eigenvalue weighted by Gasteiger charge is 2.18. The molecule has 0 saturated heterocycles. The second-order valence-electron chi connectivity index (χ2n) is 5.19. The third kappa shape index (κ3) is 3.23. The van der Waals surface area contributed by atoms with Crippen LogP contribution in [-0.2, 0) is 0 Å². The Morgan fingerprint density at radius 2 is 2.10 bits per heavy atom. The van der Waals surface area contributed by atoms with E-state index in [0.29, 0.717) is 12.1 Å². The van der Waals surface area contributed by atoms with E-state index in [2.05, 4.69) is 16.5 Å². The summed E-state index contributed by atoms with van der Waals surface area (Å²) in [7, 11) is 0. The molecule has 20 heavy (non-hydrogen) atoms. The molecule has 0 aliphatic heterocycles. The Morgan fingerprint density at radius 1 is 1.40 bits per heavy atom. The third-order valence-electron chi connectivity index (χ3n) is 2.86. The van der Waals surface area contributed by atoms with E-state index in [1.54, 1.807) is 24.7 Å².